The minimum Gasteiger partial charge on any atom is -0.493 e. The largest absolute Gasteiger partial charge is 0.493 e. The molecule has 6 nitrogen and oxygen atoms in total. The van der Waals surface area contributed by atoms with Crippen molar-refractivity contribution in [2.24, 2.45) is 11.7 Å². The molecule has 0 fully saturated rings. The predicted octanol–water partition coefficient (Wildman–Crippen LogP) is 6.23. The third-order valence-corrected chi connectivity index (χ3v) is 6.39. The lowest BCUT2D eigenvalue weighted by Gasteiger charge is -2.17. The highest BCUT2D eigenvalue weighted by Gasteiger charge is 2.15. The zero-order chi connectivity index (χ0) is 26.7. The summed E-state index contributed by atoms with van der Waals surface area (Å²) in [6.07, 6.45) is 18.2. The third-order valence-electron chi connectivity index (χ3n) is 5.51. The van der Waals surface area contributed by atoms with Gasteiger partial charge in [0.1, 0.15) is 5.82 Å². The van der Waals surface area contributed by atoms with Crippen LogP contribution < -0.4 is 31.0 Å². The van der Waals surface area contributed by atoms with E-state index >= 15 is 0 Å². The Morgan fingerprint density at radius 1 is 1.14 bits per heavy atom. The number of methoxy groups -OCH3 is 3. The van der Waals surface area contributed by atoms with Gasteiger partial charge >= 0.3 is 0 Å². The van der Waals surface area contributed by atoms with Crippen molar-refractivity contribution in [3.8, 4) is 29.6 Å². The van der Waals surface area contributed by atoms with Crippen LogP contribution in [-0.2, 0) is 0 Å². The second-order valence-electron chi connectivity index (χ2n) is 7.69. The molecule has 0 aliphatic rings. The van der Waals surface area contributed by atoms with E-state index in [-0.39, 0.29) is 5.92 Å². The van der Waals surface area contributed by atoms with E-state index in [0.717, 1.165) is 21.6 Å². The quantitative estimate of drug-likeness (QED) is 0.233. The number of rotatable bonds is 12. The van der Waals surface area contributed by atoms with Crippen LogP contribution in [0.25, 0.3) is 18.2 Å². The second kappa shape index (κ2) is 13.9. The number of hydrogen-bond acceptors (Lipinski definition) is 7. The van der Waals surface area contributed by atoms with E-state index in [1.165, 1.54) is 0 Å². The number of hydrogen-bond donors (Lipinski definition) is 3. The number of benzene rings is 2. The summed E-state index contributed by atoms with van der Waals surface area (Å²) in [6.45, 7) is 5.91. The summed E-state index contributed by atoms with van der Waals surface area (Å²) in [4.78, 5) is 0.923. The highest BCUT2D eigenvalue weighted by Crippen LogP contribution is 2.40. The lowest BCUT2D eigenvalue weighted by atomic mass is 9.96. The van der Waals surface area contributed by atoms with Gasteiger partial charge in [-0.05, 0) is 36.8 Å². The fraction of sp³-hybridized carbons (Fsp3) is 0.241. The van der Waals surface area contributed by atoms with Crippen LogP contribution in [0, 0.1) is 18.3 Å². The van der Waals surface area contributed by atoms with E-state index in [1.54, 1.807) is 45.2 Å². The SMILES string of the molecule is C#CC(/C=C/c1ccc(N)c(/C=C\C)c1C=C)C/C(SC)=C(\N)Nc1cc(OC)c(OC)c(OC)c1. The van der Waals surface area contributed by atoms with Gasteiger partial charge in [-0.25, -0.2) is 0 Å². The van der Waals surface area contributed by atoms with Crippen molar-refractivity contribution in [2.75, 3.05) is 38.6 Å². The van der Waals surface area contributed by atoms with Crippen molar-refractivity contribution in [3.63, 3.8) is 0 Å². The molecule has 2 rings (SSSR count). The zero-order valence-corrected chi connectivity index (χ0v) is 22.4. The van der Waals surface area contributed by atoms with E-state index in [4.69, 9.17) is 32.1 Å². The summed E-state index contributed by atoms with van der Waals surface area (Å²) in [5.41, 5.74) is 16.9. The molecule has 0 spiro atoms. The standard InChI is InChI=1S/C29H35N3O3S/c1-8-11-23-22(10-3)20(14-15-24(23)30)13-12-19(9-2)16-27(36-7)29(31)32-21-17-25(33-4)28(35-6)26(18-21)34-5/h2,8,10-15,17-19,32H,3,16,30-31H2,1,4-7H3/b11-8-,13-12+,29-27-. The van der Waals surface area contributed by atoms with Gasteiger partial charge in [0.05, 0.1) is 21.3 Å². The summed E-state index contributed by atoms with van der Waals surface area (Å²) in [7, 11) is 4.69. The number of terminal acetylenes is 1. The molecular formula is C29H35N3O3S. The van der Waals surface area contributed by atoms with Crippen LogP contribution in [0.2, 0.25) is 0 Å². The molecule has 0 aliphatic heterocycles. The number of allylic oxidation sites excluding steroid dienone is 3. The number of nitrogens with two attached hydrogens (primary N) is 2. The van der Waals surface area contributed by atoms with E-state index in [1.807, 2.05) is 55.7 Å². The maximum Gasteiger partial charge on any atom is 0.203 e. The summed E-state index contributed by atoms with van der Waals surface area (Å²) >= 11 is 1.54. The summed E-state index contributed by atoms with van der Waals surface area (Å²) in [6, 6.07) is 7.45. The topological polar surface area (TPSA) is 91.8 Å². The molecular weight excluding hydrogens is 470 g/mol. The summed E-state index contributed by atoms with van der Waals surface area (Å²) < 4.78 is 16.3. The molecule has 2 aromatic rings. The number of anilines is 2. The lowest BCUT2D eigenvalue weighted by molar-refractivity contribution is 0.324. The molecule has 0 aliphatic carbocycles. The molecule has 0 bridgehead atoms. The van der Waals surface area contributed by atoms with Gasteiger partial charge in [0.15, 0.2) is 11.5 Å². The van der Waals surface area contributed by atoms with Crippen molar-refractivity contribution < 1.29 is 14.2 Å². The van der Waals surface area contributed by atoms with Crippen LogP contribution in [0.15, 0.2) is 53.7 Å². The van der Waals surface area contributed by atoms with Crippen LogP contribution >= 0.6 is 11.8 Å². The maximum atomic E-state index is 6.45. The first kappa shape index (κ1) is 28.3. The Morgan fingerprint density at radius 3 is 2.31 bits per heavy atom. The summed E-state index contributed by atoms with van der Waals surface area (Å²) in [5.74, 6) is 4.75. The van der Waals surface area contributed by atoms with Crippen LogP contribution in [0.1, 0.15) is 30.0 Å². The van der Waals surface area contributed by atoms with Gasteiger partial charge in [-0.1, -0.05) is 48.9 Å². The Labute approximate surface area is 219 Å². The first-order valence-corrected chi connectivity index (χ1v) is 12.5. The molecule has 0 saturated heterocycles. The second-order valence-corrected chi connectivity index (χ2v) is 8.59. The van der Waals surface area contributed by atoms with Crippen LogP contribution in [-0.4, -0.2) is 27.6 Å². The van der Waals surface area contributed by atoms with E-state index in [0.29, 0.717) is 40.9 Å². The molecule has 0 saturated carbocycles. The van der Waals surface area contributed by atoms with Crippen molar-refractivity contribution in [3.05, 3.63) is 70.4 Å². The summed E-state index contributed by atoms with van der Waals surface area (Å²) in [5, 5.41) is 3.24. The monoisotopic (exact) mass is 505 g/mol. The first-order valence-electron chi connectivity index (χ1n) is 11.3. The van der Waals surface area contributed by atoms with E-state index in [2.05, 4.69) is 17.8 Å². The molecule has 0 radical (unpaired) electrons. The Balaban J connectivity index is 2.33. The molecule has 1 unspecified atom stereocenters. The molecule has 0 heterocycles. The normalized spacial score (nSPS) is 12.7. The van der Waals surface area contributed by atoms with Crippen LogP contribution in [0.5, 0.6) is 17.2 Å². The Kier molecular flexibility index (Phi) is 10.9. The molecule has 190 valence electrons. The molecule has 0 amide bonds. The van der Waals surface area contributed by atoms with Crippen molar-refractivity contribution in [2.45, 2.75) is 13.3 Å². The van der Waals surface area contributed by atoms with Gasteiger partial charge < -0.3 is 31.0 Å². The van der Waals surface area contributed by atoms with Crippen LogP contribution in [0.3, 0.4) is 0 Å². The van der Waals surface area contributed by atoms with Gasteiger partial charge in [0.2, 0.25) is 5.75 Å². The Hall–Kier alpha value is -3.89. The molecule has 7 heteroatoms. The average Bonchev–Trinajstić information content (AvgIpc) is 2.89. The van der Waals surface area contributed by atoms with Crippen molar-refractivity contribution in [1.82, 2.24) is 0 Å². The van der Waals surface area contributed by atoms with E-state index in [9.17, 15) is 0 Å². The number of ether oxygens (including phenoxy) is 3. The third kappa shape index (κ3) is 6.83. The van der Waals surface area contributed by atoms with Gasteiger partial charge in [0.25, 0.3) is 0 Å². The molecule has 2 aromatic carbocycles. The highest BCUT2D eigenvalue weighted by molar-refractivity contribution is 8.02. The molecule has 5 N–H and O–H groups in total. The highest BCUT2D eigenvalue weighted by atomic mass is 32.2. The average molecular weight is 506 g/mol. The van der Waals surface area contributed by atoms with Gasteiger partial charge in [-0.15, -0.1) is 18.2 Å². The zero-order valence-electron chi connectivity index (χ0n) is 21.6. The fourth-order valence-electron chi connectivity index (χ4n) is 3.68. The van der Waals surface area contributed by atoms with Crippen molar-refractivity contribution in [1.29, 1.82) is 0 Å². The maximum absolute atomic E-state index is 6.45. The van der Waals surface area contributed by atoms with Gasteiger partial charge in [0, 0.05) is 39.9 Å². The first-order chi connectivity index (χ1) is 17.4. The minimum absolute atomic E-state index is 0.173. The predicted molar refractivity (Wildman–Crippen MR) is 156 cm³/mol. The number of thioether (sulfide) groups is 1. The molecule has 1 atom stereocenters. The number of nitrogen functional groups attached to an aromatic ring is 1. The Morgan fingerprint density at radius 2 is 1.81 bits per heavy atom. The Bertz CT molecular complexity index is 1180. The molecule has 36 heavy (non-hydrogen) atoms. The smallest absolute Gasteiger partial charge is 0.203 e. The van der Waals surface area contributed by atoms with Crippen molar-refractivity contribution >= 4 is 41.4 Å². The fourth-order valence-corrected chi connectivity index (χ4v) is 4.30. The number of nitrogens with one attached hydrogen (secondary N) is 1. The lowest BCUT2D eigenvalue weighted by Crippen LogP contribution is -2.13. The molecule has 0 aromatic heterocycles. The van der Waals surface area contributed by atoms with Crippen LogP contribution in [0.4, 0.5) is 11.4 Å². The van der Waals surface area contributed by atoms with Gasteiger partial charge in [-0.2, -0.15) is 0 Å². The van der Waals surface area contributed by atoms with E-state index < -0.39 is 0 Å². The minimum atomic E-state index is -0.173. The van der Waals surface area contributed by atoms with Gasteiger partial charge in [-0.3, -0.25) is 0 Å².